The van der Waals surface area contributed by atoms with Crippen molar-refractivity contribution < 1.29 is 5.11 Å². The van der Waals surface area contributed by atoms with Crippen LogP contribution in [0.4, 0.5) is 0 Å². The molecule has 0 radical (unpaired) electrons. The summed E-state index contributed by atoms with van der Waals surface area (Å²) in [6.45, 7) is 25.8. The van der Waals surface area contributed by atoms with E-state index < -0.39 is 50.9 Å². The third kappa shape index (κ3) is 14.9. The van der Waals surface area contributed by atoms with Crippen molar-refractivity contribution in [1.82, 2.24) is 0 Å². The SMILES string of the molecule is C=CC[C@H]([CH]([Sn]([CH2]CCC)([CH2]CCC)[CH2]CCC)[Sn]([CH2]CCC)([CH2]CCC)[CH2]CCC)[C@H](O)C#C[Si](C)(C)C. The van der Waals surface area contributed by atoms with E-state index in [-0.39, 0.29) is 0 Å². The van der Waals surface area contributed by atoms with E-state index in [0.29, 0.717) is 5.92 Å². The van der Waals surface area contributed by atoms with Crippen LogP contribution in [0.2, 0.25) is 48.2 Å². The van der Waals surface area contributed by atoms with Crippen LogP contribution in [-0.4, -0.2) is 56.0 Å². The van der Waals surface area contributed by atoms with Crippen molar-refractivity contribution in [2.75, 3.05) is 0 Å². The second kappa shape index (κ2) is 22.6. The predicted octanol–water partition coefficient (Wildman–Crippen LogP) is 12.0. The standard InChI is InChI=1S/C11H18OSi.6C4H9.2Sn/c1-6-7-10(2)11(12)8-9-13(3,4)5;6*1-3-4-2;;/h2,6,10-12H,1,7H2,3-5H3;6*1,3-4H2,2H3;;/t10-,11+;;;;;;;;/m0......../s1. The molecule has 0 spiro atoms. The first-order valence-electron chi connectivity index (χ1n) is 17.4. The number of aliphatic hydroxyl groups excluding tert-OH is 1. The van der Waals surface area contributed by atoms with E-state index in [1.165, 1.54) is 77.0 Å². The summed E-state index contributed by atoms with van der Waals surface area (Å²) in [7, 11) is -1.55. The summed E-state index contributed by atoms with van der Waals surface area (Å²) in [5.74, 6) is 3.91. The molecule has 0 aliphatic carbocycles. The number of hydrogen-bond donors (Lipinski definition) is 1. The topological polar surface area (TPSA) is 20.2 Å². The number of allylic oxidation sites excluding steroid dienone is 1. The Bertz CT molecular complexity index is 599. The first-order valence-corrected chi connectivity index (χ1v) is 36.3. The molecule has 0 aromatic heterocycles. The van der Waals surface area contributed by atoms with Gasteiger partial charge in [0.25, 0.3) is 0 Å². The van der Waals surface area contributed by atoms with E-state index in [1.54, 1.807) is 26.6 Å². The van der Waals surface area contributed by atoms with Crippen LogP contribution in [0.5, 0.6) is 0 Å². The van der Waals surface area contributed by atoms with Crippen LogP contribution in [0.1, 0.15) is 125 Å². The van der Waals surface area contributed by atoms with Crippen molar-refractivity contribution in [1.29, 1.82) is 0 Å². The van der Waals surface area contributed by atoms with E-state index in [4.69, 9.17) is 0 Å². The Labute approximate surface area is 257 Å². The van der Waals surface area contributed by atoms with Gasteiger partial charge in [-0.25, -0.2) is 0 Å². The zero-order chi connectivity index (χ0) is 29.8. The molecule has 2 atom stereocenters. The molecule has 0 bridgehead atoms. The van der Waals surface area contributed by atoms with E-state index >= 15 is 0 Å². The fourth-order valence-electron chi connectivity index (χ4n) is 7.45. The molecule has 0 rings (SSSR count). The summed E-state index contributed by atoms with van der Waals surface area (Å²) in [4.78, 5) is 0. The Morgan fingerprint density at radius 3 is 1.18 bits per heavy atom. The maximum atomic E-state index is 12.1. The Morgan fingerprint density at radius 2 is 0.949 bits per heavy atom. The number of unbranched alkanes of at least 4 members (excludes halogenated alkanes) is 6. The van der Waals surface area contributed by atoms with Gasteiger partial charge in [0.1, 0.15) is 0 Å². The molecule has 1 nitrogen and oxygen atoms in total. The van der Waals surface area contributed by atoms with Gasteiger partial charge in [-0.3, -0.25) is 0 Å². The number of aliphatic hydroxyl groups is 1. The van der Waals surface area contributed by atoms with Gasteiger partial charge in [0, 0.05) is 0 Å². The molecule has 0 saturated carbocycles. The molecular formula is C35H72OSiSn2. The van der Waals surface area contributed by atoms with Gasteiger partial charge in [-0.05, 0) is 0 Å². The van der Waals surface area contributed by atoms with Gasteiger partial charge in [-0.15, -0.1) is 0 Å². The molecule has 0 fully saturated rings. The monoisotopic (exact) mass is 776 g/mol. The first-order chi connectivity index (χ1) is 18.6. The Kier molecular flexibility index (Phi) is 23.2. The molecular weight excluding hydrogens is 702 g/mol. The summed E-state index contributed by atoms with van der Waals surface area (Å²) in [6.07, 6.45) is 19.2. The van der Waals surface area contributed by atoms with E-state index in [1.807, 2.05) is 0 Å². The van der Waals surface area contributed by atoms with Crippen molar-refractivity contribution in [2.24, 2.45) is 5.92 Å². The summed E-state index contributed by atoms with van der Waals surface area (Å²) in [5.41, 5.74) is 3.63. The number of hydrogen-bond acceptors (Lipinski definition) is 1. The van der Waals surface area contributed by atoms with Crippen LogP contribution in [0, 0.1) is 17.4 Å². The fourth-order valence-corrected chi connectivity index (χ4v) is 87.9. The fraction of sp³-hybridized carbons (Fsp3) is 0.886. The van der Waals surface area contributed by atoms with Crippen LogP contribution in [-0.2, 0) is 0 Å². The zero-order valence-corrected chi connectivity index (χ0v) is 35.1. The van der Waals surface area contributed by atoms with Crippen LogP contribution < -0.4 is 0 Å². The van der Waals surface area contributed by atoms with Gasteiger partial charge in [0.05, 0.1) is 0 Å². The molecule has 4 heteroatoms. The van der Waals surface area contributed by atoms with Crippen molar-refractivity contribution >= 4 is 44.8 Å². The first kappa shape index (κ1) is 40.1. The van der Waals surface area contributed by atoms with Crippen molar-refractivity contribution in [2.45, 2.75) is 179 Å². The van der Waals surface area contributed by atoms with Crippen molar-refractivity contribution in [3.8, 4) is 11.5 Å². The average molecular weight is 774 g/mol. The van der Waals surface area contributed by atoms with Gasteiger partial charge in [0.15, 0.2) is 0 Å². The molecule has 0 saturated heterocycles. The Hall–Kier alpha value is 1.07. The predicted molar refractivity (Wildman–Crippen MR) is 189 cm³/mol. The third-order valence-electron chi connectivity index (χ3n) is 9.36. The molecule has 230 valence electrons. The molecule has 0 aliphatic rings. The summed E-state index contributed by atoms with van der Waals surface area (Å²) >= 11 is -5.46. The van der Waals surface area contributed by atoms with Crippen LogP contribution >= 0.6 is 0 Å². The van der Waals surface area contributed by atoms with E-state index in [0.717, 1.165) is 8.37 Å². The molecule has 0 amide bonds. The number of rotatable bonds is 24. The molecule has 0 aliphatic heterocycles. The van der Waals surface area contributed by atoms with E-state index in [2.05, 4.69) is 85.3 Å². The zero-order valence-electron chi connectivity index (χ0n) is 28.4. The second-order valence-electron chi connectivity index (χ2n) is 14.0. The third-order valence-corrected chi connectivity index (χ3v) is 66.8. The summed E-state index contributed by atoms with van der Waals surface area (Å²) in [6, 6.07) is 0. The summed E-state index contributed by atoms with van der Waals surface area (Å²) < 4.78 is 10.3. The van der Waals surface area contributed by atoms with Gasteiger partial charge in [0.2, 0.25) is 0 Å². The van der Waals surface area contributed by atoms with Gasteiger partial charge in [-0.2, -0.15) is 0 Å². The van der Waals surface area contributed by atoms with Crippen molar-refractivity contribution in [3.05, 3.63) is 12.7 Å². The molecule has 0 heterocycles. The normalized spacial score (nSPS) is 14.2. The molecule has 0 unspecified atom stereocenters. The van der Waals surface area contributed by atoms with Gasteiger partial charge in [-0.1, -0.05) is 0 Å². The summed E-state index contributed by atoms with van der Waals surface area (Å²) in [5, 5.41) is 12.1. The molecule has 0 aromatic carbocycles. The Balaban J connectivity index is 7.57. The minimum atomic E-state index is -2.73. The molecule has 39 heavy (non-hydrogen) atoms. The second-order valence-corrected chi connectivity index (χ2v) is 51.1. The van der Waals surface area contributed by atoms with Crippen LogP contribution in [0.15, 0.2) is 12.7 Å². The van der Waals surface area contributed by atoms with Crippen LogP contribution in [0.3, 0.4) is 0 Å². The van der Waals surface area contributed by atoms with Gasteiger partial charge < -0.3 is 0 Å². The quantitative estimate of drug-likeness (QED) is 0.0588. The van der Waals surface area contributed by atoms with Gasteiger partial charge >= 0.3 is 259 Å². The van der Waals surface area contributed by atoms with Crippen LogP contribution in [0.25, 0.3) is 0 Å². The Morgan fingerprint density at radius 1 is 0.641 bits per heavy atom. The van der Waals surface area contributed by atoms with E-state index in [9.17, 15) is 5.11 Å². The molecule has 0 aromatic rings. The minimum absolute atomic E-state index is 0.356. The van der Waals surface area contributed by atoms with Crippen molar-refractivity contribution in [3.63, 3.8) is 0 Å². The molecule has 1 N–H and O–H groups in total. The average Bonchev–Trinajstić information content (AvgIpc) is 2.91. The maximum absolute atomic E-state index is 12.1.